The normalized spacial score (nSPS) is 27.9. The largest absolute Gasteiger partial charge is 0.475 e. The minimum Gasteiger partial charge on any atom is -0.475 e. The lowest BCUT2D eigenvalue weighted by atomic mass is 9.87. The van der Waals surface area contributed by atoms with Crippen LogP contribution in [-0.4, -0.2) is 65.4 Å². The van der Waals surface area contributed by atoms with E-state index in [0.29, 0.717) is 12.0 Å². The van der Waals surface area contributed by atoms with E-state index < -0.39 is 0 Å². The number of rotatable bonds is 4. The molecule has 142 valence electrons. The molecular weight excluding hydrogens is 314 g/mol. The number of nitrogens with zero attached hydrogens (tertiary/aromatic N) is 3. The van der Waals surface area contributed by atoms with Gasteiger partial charge < -0.3 is 14.7 Å². The topological polar surface area (TPSA) is 48.3 Å². The average molecular weight is 350 g/mol. The van der Waals surface area contributed by atoms with Gasteiger partial charge in [0.2, 0.25) is 5.90 Å². The van der Waals surface area contributed by atoms with E-state index in [-0.39, 0.29) is 12.3 Å². The Labute approximate surface area is 152 Å². The number of dihydropyridines is 1. The molecule has 1 saturated carbocycles. The summed E-state index contributed by atoms with van der Waals surface area (Å²) in [5, 5.41) is 10.9. The number of ether oxygens (including phenoxy) is 1. The van der Waals surface area contributed by atoms with E-state index in [1.807, 2.05) is 13.8 Å². The molecule has 2 aliphatic heterocycles. The Hall–Kier alpha value is -1.07. The predicted octanol–water partition coefficient (Wildman–Crippen LogP) is 3.00. The third-order valence-corrected chi connectivity index (χ3v) is 5.78. The molecule has 2 fully saturated rings. The second kappa shape index (κ2) is 8.54. The first-order valence-corrected chi connectivity index (χ1v) is 10.1. The minimum absolute atomic E-state index is 0.163. The Bertz CT molecular complexity index is 497. The molecule has 3 aliphatic rings. The third-order valence-electron chi connectivity index (χ3n) is 5.78. The SMILES string of the molecule is CC(C)OC1=NCCC(N2CCN(C(O)C3CCCCC3)[C@H](C)C2)=C1. The Morgan fingerprint density at radius 2 is 1.96 bits per heavy atom. The maximum absolute atomic E-state index is 10.9. The molecule has 5 nitrogen and oxygen atoms in total. The van der Waals surface area contributed by atoms with Crippen LogP contribution in [0.4, 0.5) is 0 Å². The van der Waals surface area contributed by atoms with E-state index in [1.54, 1.807) is 0 Å². The van der Waals surface area contributed by atoms with Crippen LogP contribution in [-0.2, 0) is 4.74 Å². The van der Waals surface area contributed by atoms with E-state index in [2.05, 4.69) is 27.8 Å². The first-order valence-electron chi connectivity index (χ1n) is 10.1. The molecule has 0 aromatic heterocycles. The van der Waals surface area contributed by atoms with Crippen LogP contribution in [0.2, 0.25) is 0 Å². The molecule has 0 radical (unpaired) electrons. The van der Waals surface area contributed by atoms with E-state index in [9.17, 15) is 5.11 Å². The molecule has 2 atom stereocenters. The van der Waals surface area contributed by atoms with Crippen LogP contribution in [0.25, 0.3) is 0 Å². The zero-order valence-electron chi connectivity index (χ0n) is 16.2. The van der Waals surface area contributed by atoms with Gasteiger partial charge in [0.15, 0.2) is 0 Å². The number of hydrogen-bond donors (Lipinski definition) is 1. The number of hydrogen-bond acceptors (Lipinski definition) is 5. The summed E-state index contributed by atoms with van der Waals surface area (Å²) in [6.45, 7) is 10.0. The summed E-state index contributed by atoms with van der Waals surface area (Å²) < 4.78 is 5.77. The summed E-state index contributed by atoms with van der Waals surface area (Å²) in [6, 6.07) is 0.375. The minimum atomic E-state index is -0.265. The maximum Gasteiger partial charge on any atom is 0.210 e. The van der Waals surface area contributed by atoms with Crippen molar-refractivity contribution in [3.8, 4) is 0 Å². The fourth-order valence-corrected chi connectivity index (χ4v) is 4.43. The molecule has 1 N–H and O–H groups in total. The van der Waals surface area contributed by atoms with Crippen molar-refractivity contribution in [3.05, 3.63) is 11.8 Å². The van der Waals surface area contributed by atoms with Crippen molar-refractivity contribution in [2.45, 2.75) is 77.7 Å². The Balaban J connectivity index is 1.57. The van der Waals surface area contributed by atoms with E-state index >= 15 is 0 Å². The van der Waals surface area contributed by atoms with E-state index in [0.717, 1.165) is 38.5 Å². The highest BCUT2D eigenvalue weighted by molar-refractivity contribution is 5.89. The molecule has 1 aliphatic carbocycles. The van der Waals surface area contributed by atoms with Gasteiger partial charge in [-0.15, -0.1) is 0 Å². The van der Waals surface area contributed by atoms with Gasteiger partial charge >= 0.3 is 0 Å². The van der Waals surface area contributed by atoms with Gasteiger partial charge in [0.1, 0.15) is 6.23 Å². The van der Waals surface area contributed by atoms with Gasteiger partial charge in [-0.25, -0.2) is 0 Å². The van der Waals surface area contributed by atoms with Gasteiger partial charge in [-0.3, -0.25) is 9.89 Å². The highest BCUT2D eigenvalue weighted by Gasteiger charge is 2.34. The lowest BCUT2D eigenvalue weighted by molar-refractivity contribution is -0.0892. The molecule has 3 rings (SSSR count). The van der Waals surface area contributed by atoms with Gasteiger partial charge in [-0.2, -0.15) is 0 Å². The highest BCUT2D eigenvalue weighted by atomic mass is 16.5. The van der Waals surface area contributed by atoms with Crippen LogP contribution in [0.1, 0.15) is 59.3 Å². The molecule has 0 bridgehead atoms. The average Bonchev–Trinajstić information content (AvgIpc) is 2.61. The third kappa shape index (κ3) is 4.76. The van der Waals surface area contributed by atoms with Crippen LogP contribution in [0.5, 0.6) is 0 Å². The molecule has 25 heavy (non-hydrogen) atoms. The van der Waals surface area contributed by atoms with Crippen LogP contribution >= 0.6 is 0 Å². The molecule has 0 amide bonds. The molecule has 0 aromatic carbocycles. The predicted molar refractivity (Wildman–Crippen MR) is 102 cm³/mol. The number of aliphatic hydroxyl groups excluding tert-OH is 1. The summed E-state index contributed by atoms with van der Waals surface area (Å²) in [4.78, 5) is 9.27. The monoisotopic (exact) mass is 349 g/mol. The van der Waals surface area contributed by atoms with Crippen LogP contribution in [0.3, 0.4) is 0 Å². The van der Waals surface area contributed by atoms with Crippen molar-refractivity contribution in [2.75, 3.05) is 26.2 Å². The Morgan fingerprint density at radius 3 is 2.64 bits per heavy atom. The quantitative estimate of drug-likeness (QED) is 0.848. The van der Waals surface area contributed by atoms with Gasteiger partial charge in [0.05, 0.1) is 6.10 Å². The van der Waals surface area contributed by atoms with Crippen LogP contribution in [0, 0.1) is 5.92 Å². The Morgan fingerprint density at radius 1 is 1.20 bits per heavy atom. The van der Waals surface area contributed by atoms with Crippen molar-refractivity contribution in [1.82, 2.24) is 9.80 Å². The van der Waals surface area contributed by atoms with Gasteiger partial charge in [-0.1, -0.05) is 19.3 Å². The van der Waals surface area contributed by atoms with Crippen molar-refractivity contribution in [2.24, 2.45) is 10.9 Å². The van der Waals surface area contributed by atoms with E-state index in [4.69, 9.17) is 4.74 Å². The number of aliphatic hydroxyl groups is 1. The Kier molecular flexibility index (Phi) is 6.39. The van der Waals surface area contributed by atoms with E-state index in [1.165, 1.54) is 37.8 Å². The molecule has 5 heteroatoms. The summed E-state index contributed by atoms with van der Waals surface area (Å²) in [6.07, 6.45) is 9.27. The van der Waals surface area contributed by atoms with Crippen LogP contribution < -0.4 is 0 Å². The fraction of sp³-hybridized carbons (Fsp3) is 0.850. The number of piperazine rings is 1. The smallest absolute Gasteiger partial charge is 0.210 e. The second-order valence-corrected chi connectivity index (χ2v) is 8.12. The lowest BCUT2D eigenvalue weighted by Crippen LogP contribution is -2.57. The summed E-state index contributed by atoms with van der Waals surface area (Å²) in [5.41, 5.74) is 1.34. The molecule has 1 saturated heterocycles. The standard InChI is InChI=1S/C20H35N3O2/c1-15(2)25-19-13-18(9-10-21-19)22-11-12-23(16(3)14-22)20(24)17-7-5-4-6-8-17/h13,15-17,20,24H,4-12,14H2,1-3H3/t16-,20?/m1/s1. The van der Waals surface area contributed by atoms with Crippen molar-refractivity contribution in [3.63, 3.8) is 0 Å². The summed E-state index contributed by atoms with van der Waals surface area (Å²) in [5.74, 6) is 1.24. The molecule has 2 heterocycles. The van der Waals surface area contributed by atoms with Crippen molar-refractivity contribution in [1.29, 1.82) is 0 Å². The second-order valence-electron chi connectivity index (χ2n) is 8.12. The van der Waals surface area contributed by atoms with Gasteiger partial charge in [0.25, 0.3) is 0 Å². The summed E-state index contributed by atoms with van der Waals surface area (Å²) in [7, 11) is 0. The molecule has 0 spiro atoms. The van der Waals surface area contributed by atoms with Crippen molar-refractivity contribution >= 4 is 5.90 Å². The van der Waals surface area contributed by atoms with Gasteiger partial charge in [-0.05, 0) is 39.5 Å². The zero-order chi connectivity index (χ0) is 17.8. The molecule has 0 aromatic rings. The highest BCUT2D eigenvalue weighted by Crippen LogP contribution is 2.30. The van der Waals surface area contributed by atoms with Crippen LogP contribution in [0.15, 0.2) is 16.8 Å². The fourth-order valence-electron chi connectivity index (χ4n) is 4.43. The first kappa shape index (κ1) is 18.7. The number of aliphatic imine (C=N–C) groups is 1. The zero-order valence-corrected chi connectivity index (χ0v) is 16.2. The summed E-state index contributed by atoms with van der Waals surface area (Å²) >= 11 is 0. The maximum atomic E-state index is 10.9. The molecular formula is C20H35N3O2. The van der Waals surface area contributed by atoms with Gasteiger partial charge in [0, 0.05) is 50.4 Å². The first-order chi connectivity index (χ1) is 12.0. The lowest BCUT2D eigenvalue weighted by Gasteiger charge is -2.46. The molecule has 1 unspecified atom stereocenters. The van der Waals surface area contributed by atoms with Crippen molar-refractivity contribution < 1.29 is 9.84 Å².